The predicted molar refractivity (Wildman–Crippen MR) is 63.7 cm³/mol. The van der Waals surface area contributed by atoms with Crippen LogP contribution in [0.5, 0.6) is 0 Å². The Bertz CT molecular complexity index is 324. The first-order valence-corrected chi connectivity index (χ1v) is 5.43. The fraction of sp³-hybridized carbons (Fsp3) is 0.400. The molecule has 0 bridgehead atoms. The van der Waals surface area contributed by atoms with E-state index in [9.17, 15) is 4.79 Å². The fourth-order valence-electron chi connectivity index (χ4n) is 0.980. The molecule has 0 radical (unpaired) electrons. The van der Waals surface area contributed by atoms with Gasteiger partial charge in [0.1, 0.15) is 5.82 Å². The van der Waals surface area contributed by atoms with Crippen molar-refractivity contribution in [1.29, 1.82) is 0 Å². The van der Waals surface area contributed by atoms with Crippen molar-refractivity contribution in [3.05, 3.63) is 22.8 Å². The van der Waals surface area contributed by atoms with Gasteiger partial charge in [0.05, 0.1) is 0 Å². The van der Waals surface area contributed by atoms with Crippen molar-refractivity contribution in [3.63, 3.8) is 0 Å². The lowest BCUT2D eigenvalue weighted by Crippen LogP contribution is -2.21. The zero-order valence-electron chi connectivity index (χ0n) is 8.83. The summed E-state index contributed by atoms with van der Waals surface area (Å²) in [6.45, 7) is 0.738. The summed E-state index contributed by atoms with van der Waals surface area (Å²) < 4.78 is 0.897. The van der Waals surface area contributed by atoms with Crippen molar-refractivity contribution in [2.75, 3.05) is 26.0 Å². The summed E-state index contributed by atoms with van der Waals surface area (Å²) in [6, 6.07) is 3.60. The summed E-state index contributed by atoms with van der Waals surface area (Å²) in [5, 5.41) is 2.73. The van der Waals surface area contributed by atoms with Crippen molar-refractivity contribution in [2.24, 2.45) is 0 Å². The molecule has 4 nitrogen and oxygen atoms in total. The van der Waals surface area contributed by atoms with Gasteiger partial charge < -0.3 is 10.2 Å². The molecule has 0 aromatic carbocycles. The smallest absolute Gasteiger partial charge is 0.226 e. The van der Waals surface area contributed by atoms with Gasteiger partial charge in [-0.05, 0) is 42.2 Å². The molecule has 1 amide bonds. The van der Waals surface area contributed by atoms with Crippen LogP contribution in [0.4, 0.5) is 5.82 Å². The second-order valence-corrected chi connectivity index (χ2v) is 4.38. The molecule has 0 aliphatic heterocycles. The number of anilines is 1. The Morgan fingerprint density at radius 2 is 2.27 bits per heavy atom. The zero-order valence-corrected chi connectivity index (χ0v) is 10.4. The summed E-state index contributed by atoms with van der Waals surface area (Å²) in [5.41, 5.74) is 0. The molecular formula is C10H14BrN3O. The van der Waals surface area contributed by atoms with Gasteiger partial charge in [0, 0.05) is 23.6 Å². The first-order chi connectivity index (χ1) is 7.08. The quantitative estimate of drug-likeness (QED) is 0.908. The number of amides is 1. The maximum Gasteiger partial charge on any atom is 0.226 e. The Labute approximate surface area is 97.8 Å². The highest BCUT2D eigenvalue weighted by atomic mass is 79.9. The number of pyridine rings is 1. The Hall–Kier alpha value is -0.940. The number of rotatable bonds is 4. The van der Waals surface area contributed by atoms with E-state index in [0.29, 0.717) is 12.2 Å². The minimum absolute atomic E-state index is 0.0153. The van der Waals surface area contributed by atoms with Crippen molar-refractivity contribution in [2.45, 2.75) is 6.42 Å². The van der Waals surface area contributed by atoms with E-state index in [2.05, 4.69) is 26.2 Å². The number of hydrogen-bond acceptors (Lipinski definition) is 3. The van der Waals surface area contributed by atoms with Gasteiger partial charge in [-0.3, -0.25) is 4.79 Å². The molecule has 1 heterocycles. The fourth-order valence-corrected chi connectivity index (χ4v) is 1.21. The average molecular weight is 272 g/mol. The minimum atomic E-state index is -0.0153. The molecule has 0 fully saturated rings. The lowest BCUT2D eigenvalue weighted by Gasteiger charge is -2.09. The number of carbonyl (C=O) groups excluding carboxylic acids is 1. The third-order valence-electron chi connectivity index (χ3n) is 1.78. The van der Waals surface area contributed by atoms with E-state index in [1.54, 1.807) is 12.3 Å². The van der Waals surface area contributed by atoms with Gasteiger partial charge in [-0.25, -0.2) is 4.98 Å². The number of carbonyl (C=O) groups is 1. The Balaban J connectivity index is 2.41. The highest BCUT2D eigenvalue weighted by Crippen LogP contribution is 2.10. The second-order valence-electron chi connectivity index (χ2n) is 3.46. The van der Waals surface area contributed by atoms with Crippen molar-refractivity contribution < 1.29 is 4.79 Å². The van der Waals surface area contributed by atoms with Gasteiger partial charge in [-0.1, -0.05) is 0 Å². The molecule has 1 rings (SSSR count). The molecule has 5 heteroatoms. The SMILES string of the molecule is CN(C)CCC(=O)Nc1ccc(Br)cn1. The lowest BCUT2D eigenvalue weighted by molar-refractivity contribution is -0.116. The molecule has 0 atom stereocenters. The molecule has 1 aromatic heterocycles. The largest absolute Gasteiger partial charge is 0.311 e. The molecule has 0 unspecified atom stereocenters. The summed E-state index contributed by atoms with van der Waals surface area (Å²) in [5.74, 6) is 0.570. The first-order valence-electron chi connectivity index (χ1n) is 4.64. The molecule has 0 aliphatic carbocycles. The molecule has 0 aliphatic rings. The monoisotopic (exact) mass is 271 g/mol. The van der Waals surface area contributed by atoms with Crippen LogP contribution in [0, 0.1) is 0 Å². The van der Waals surface area contributed by atoms with E-state index in [1.807, 2.05) is 25.1 Å². The molecule has 1 N–H and O–H groups in total. The van der Waals surface area contributed by atoms with Crippen molar-refractivity contribution >= 4 is 27.7 Å². The van der Waals surface area contributed by atoms with E-state index in [0.717, 1.165) is 11.0 Å². The summed E-state index contributed by atoms with van der Waals surface area (Å²) in [7, 11) is 3.87. The highest BCUT2D eigenvalue weighted by molar-refractivity contribution is 9.10. The van der Waals surface area contributed by atoms with Crippen LogP contribution in [0.1, 0.15) is 6.42 Å². The predicted octanol–water partition coefficient (Wildman–Crippen LogP) is 1.73. The van der Waals surface area contributed by atoms with E-state index < -0.39 is 0 Å². The van der Waals surface area contributed by atoms with Crippen LogP contribution in [-0.4, -0.2) is 36.4 Å². The third kappa shape index (κ3) is 4.90. The van der Waals surface area contributed by atoms with Crippen LogP contribution in [0.25, 0.3) is 0 Å². The van der Waals surface area contributed by atoms with Gasteiger partial charge in [0.25, 0.3) is 0 Å². The van der Waals surface area contributed by atoms with Crippen LogP contribution in [-0.2, 0) is 4.79 Å². The first kappa shape index (κ1) is 12.1. The van der Waals surface area contributed by atoms with E-state index in [-0.39, 0.29) is 5.91 Å². The lowest BCUT2D eigenvalue weighted by atomic mass is 10.3. The Morgan fingerprint density at radius 3 is 2.80 bits per heavy atom. The van der Waals surface area contributed by atoms with Gasteiger partial charge in [-0.2, -0.15) is 0 Å². The van der Waals surface area contributed by atoms with Crippen LogP contribution in [0.15, 0.2) is 22.8 Å². The third-order valence-corrected chi connectivity index (χ3v) is 2.25. The molecule has 0 saturated heterocycles. The van der Waals surface area contributed by atoms with Crippen LogP contribution in [0.3, 0.4) is 0 Å². The number of nitrogens with one attached hydrogen (secondary N) is 1. The maximum atomic E-state index is 11.4. The second kappa shape index (κ2) is 5.82. The molecule has 1 aromatic rings. The van der Waals surface area contributed by atoms with Gasteiger partial charge in [0.15, 0.2) is 0 Å². The van der Waals surface area contributed by atoms with Crippen LogP contribution >= 0.6 is 15.9 Å². The highest BCUT2D eigenvalue weighted by Gasteiger charge is 2.03. The summed E-state index contributed by atoms with van der Waals surface area (Å²) in [4.78, 5) is 17.4. The van der Waals surface area contributed by atoms with E-state index in [1.165, 1.54) is 0 Å². The maximum absolute atomic E-state index is 11.4. The average Bonchev–Trinajstić information content (AvgIpc) is 2.19. The normalized spacial score (nSPS) is 10.4. The Morgan fingerprint density at radius 1 is 1.53 bits per heavy atom. The van der Waals surface area contributed by atoms with E-state index >= 15 is 0 Å². The van der Waals surface area contributed by atoms with Crippen LogP contribution in [0.2, 0.25) is 0 Å². The topological polar surface area (TPSA) is 45.2 Å². The van der Waals surface area contributed by atoms with E-state index in [4.69, 9.17) is 0 Å². The van der Waals surface area contributed by atoms with Gasteiger partial charge >= 0.3 is 0 Å². The number of hydrogen-bond donors (Lipinski definition) is 1. The summed E-state index contributed by atoms with van der Waals surface area (Å²) >= 11 is 3.28. The standard InChI is InChI=1S/C10H14BrN3O/c1-14(2)6-5-10(15)13-9-4-3-8(11)7-12-9/h3-4,7H,5-6H2,1-2H3,(H,12,13,15). The number of nitrogens with zero attached hydrogens (tertiary/aromatic N) is 2. The molecule has 15 heavy (non-hydrogen) atoms. The zero-order chi connectivity index (χ0) is 11.3. The summed E-state index contributed by atoms with van der Waals surface area (Å²) in [6.07, 6.45) is 2.13. The van der Waals surface area contributed by atoms with Gasteiger partial charge in [0.2, 0.25) is 5.91 Å². The molecular weight excluding hydrogens is 258 g/mol. The van der Waals surface area contributed by atoms with Crippen molar-refractivity contribution in [1.82, 2.24) is 9.88 Å². The molecule has 0 spiro atoms. The van der Waals surface area contributed by atoms with Crippen LogP contribution < -0.4 is 5.32 Å². The molecule has 82 valence electrons. The number of halogens is 1. The van der Waals surface area contributed by atoms with Crippen molar-refractivity contribution in [3.8, 4) is 0 Å². The Kier molecular flexibility index (Phi) is 4.71. The minimum Gasteiger partial charge on any atom is -0.311 e. The van der Waals surface area contributed by atoms with Gasteiger partial charge in [-0.15, -0.1) is 0 Å². The number of aromatic nitrogens is 1. The molecule has 0 saturated carbocycles.